The first-order valence-electron chi connectivity index (χ1n) is 11.6. The maximum absolute atomic E-state index is 9.39. The first-order chi connectivity index (χ1) is 18.1. The van der Waals surface area contributed by atoms with E-state index in [2.05, 4.69) is 21.1 Å². The van der Waals surface area contributed by atoms with Gasteiger partial charge in [-0.1, -0.05) is 36.4 Å². The van der Waals surface area contributed by atoms with Crippen molar-refractivity contribution in [2.45, 2.75) is 13.1 Å². The Labute approximate surface area is 214 Å². The van der Waals surface area contributed by atoms with Crippen LogP contribution < -0.4 is 20.1 Å². The summed E-state index contributed by atoms with van der Waals surface area (Å²) in [6, 6.07) is 27.1. The van der Waals surface area contributed by atoms with Gasteiger partial charge < -0.3 is 20.1 Å². The molecule has 0 bridgehead atoms. The van der Waals surface area contributed by atoms with Crippen LogP contribution in [0, 0.1) is 11.3 Å². The Kier molecular flexibility index (Phi) is 6.55. The number of anilines is 2. The van der Waals surface area contributed by atoms with Crippen LogP contribution in [-0.4, -0.2) is 33.8 Å². The van der Waals surface area contributed by atoms with Gasteiger partial charge in [0.05, 0.1) is 31.5 Å². The Morgan fingerprint density at radius 2 is 1.49 bits per heavy atom. The van der Waals surface area contributed by atoms with E-state index >= 15 is 0 Å². The molecule has 0 spiro atoms. The van der Waals surface area contributed by atoms with E-state index in [9.17, 15) is 5.26 Å². The summed E-state index contributed by atoms with van der Waals surface area (Å²) in [6.07, 6.45) is 0. The molecule has 184 valence electrons. The lowest BCUT2D eigenvalue weighted by atomic mass is 10.1. The average Bonchev–Trinajstić information content (AvgIpc) is 3.33. The topological polar surface area (TPSA) is 115 Å². The predicted molar refractivity (Wildman–Crippen MR) is 141 cm³/mol. The van der Waals surface area contributed by atoms with Crippen LogP contribution in [0.15, 0.2) is 78.9 Å². The van der Waals surface area contributed by atoms with Gasteiger partial charge in [0.25, 0.3) is 0 Å². The fourth-order valence-electron chi connectivity index (χ4n) is 4.09. The Bertz CT molecular complexity index is 1520. The van der Waals surface area contributed by atoms with Gasteiger partial charge in [0.15, 0.2) is 5.65 Å². The zero-order chi connectivity index (χ0) is 25.8. The highest BCUT2D eigenvalue weighted by Gasteiger charge is 2.19. The van der Waals surface area contributed by atoms with Crippen LogP contribution in [0.2, 0.25) is 0 Å². The van der Waals surface area contributed by atoms with Gasteiger partial charge in [0, 0.05) is 24.7 Å². The van der Waals surface area contributed by atoms with Crippen molar-refractivity contribution in [3.63, 3.8) is 0 Å². The van der Waals surface area contributed by atoms with Gasteiger partial charge >= 0.3 is 0 Å². The molecule has 0 atom stereocenters. The van der Waals surface area contributed by atoms with Crippen molar-refractivity contribution >= 4 is 17.5 Å². The van der Waals surface area contributed by atoms with Gasteiger partial charge in [0.1, 0.15) is 11.5 Å². The Hall–Kier alpha value is -5.10. The van der Waals surface area contributed by atoms with E-state index in [0.717, 1.165) is 28.2 Å². The van der Waals surface area contributed by atoms with E-state index < -0.39 is 0 Å². The Morgan fingerprint density at radius 3 is 2.05 bits per heavy atom. The number of nitriles is 1. The number of rotatable bonds is 8. The van der Waals surface area contributed by atoms with Crippen LogP contribution in [0.25, 0.3) is 16.9 Å². The SMILES string of the molecule is COc1ccc(CN(Cc2ccc(OC)cc2)c2nc(-c3cccc(C#N)c3)cc3nc(N)nn23)cc1. The number of nitrogens with zero attached hydrogens (tertiary/aromatic N) is 6. The minimum Gasteiger partial charge on any atom is -0.497 e. The summed E-state index contributed by atoms with van der Waals surface area (Å²) in [4.78, 5) is 11.5. The minimum absolute atomic E-state index is 0.153. The van der Waals surface area contributed by atoms with Gasteiger partial charge in [-0.05, 0) is 47.5 Å². The number of aromatic nitrogens is 4. The molecular weight excluding hydrogens is 466 g/mol. The second-order valence-electron chi connectivity index (χ2n) is 8.43. The summed E-state index contributed by atoms with van der Waals surface area (Å²) in [5.74, 6) is 2.30. The van der Waals surface area contributed by atoms with E-state index in [1.807, 2.05) is 66.7 Å². The summed E-state index contributed by atoms with van der Waals surface area (Å²) >= 11 is 0. The number of hydrogen-bond donors (Lipinski definition) is 1. The molecular formula is C28H25N7O2. The summed E-state index contributed by atoms with van der Waals surface area (Å²) in [7, 11) is 3.29. The molecule has 0 saturated heterocycles. The third-order valence-electron chi connectivity index (χ3n) is 5.96. The average molecular weight is 492 g/mol. The molecule has 2 N–H and O–H groups in total. The van der Waals surface area contributed by atoms with Gasteiger partial charge in [-0.3, -0.25) is 0 Å². The molecule has 5 rings (SSSR count). The molecule has 0 radical (unpaired) electrons. The first kappa shape index (κ1) is 23.6. The number of benzene rings is 3. The number of hydrogen-bond acceptors (Lipinski definition) is 8. The number of methoxy groups -OCH3 is 2. The molecule has 2 aromatic heterocycles. The Morgan fingerprint density at radius 1 is 0.865 bits per heavy atom. The number of fused-ring (bicyclic) bond motifs is 1. The van der Waals surface area contributed by atoms with Gasteiger partial charge in [-0.25, -0.2) is 4.98 Å². The molecule has 2 heterocycles. The van der Waals surface area contributed by atoms with Gasteiger partial charge in [-0.15, -0.1) is 5.10 Å². The molecule has 0 aliphatic rings. The maximum atomic E-state index is 9.39. The van der Waals surface area contributed by atoms with Crippen molar-refractivity contribution in [2.75, 3.05) is 24.9 Å². The van der Waals surface area contributed by atoms with Crippen molar-refractivity contribution < 1.29 is 9.47 Å². The fourth-order valence-corrected chi connectivity index (χ4v) is 4.09. The third kappa shape index (κ3) is 5.13. The summed E-state index contributed by atoms with van der Waals surface area (Å²) < 4.78 is 12.3. The Balaban J connectivity index is 1.63. The standard InChI is InChI=1S/C28H25N7O2/c1-36-23-10-6-19(7-11-23)17-34(18-20-8-12-24(37-2)13-9-20)28-31-25(15-26-32-27(30)33-35(26)28)22-5-3-4-21(14-22)16-29/h3-15H,17-18H2,1-2H3,(H2,30,33). The fraction of sp³-hybridized carbons (Fsp3) is 0.143. The second kappa shape index (κ2) is 10.3. The normalized spacial score (nSPS) is 10.7. The van der Waals surface area contributed by atoms with E-state index in [-0.39, 0.29) is 5.95 Å². The number of nitrogens with two attached hydrogens (primary N) is 1. The smallest absolute Gasteiger partial charge is 0.240 e. The largest absolute Gasteiger partial charge is 0.497 e. The molecule has 9 heteroatoms. The molecule has 0 amide bonds. The number of nitrogen functional groups attached to an aromatic ring is 1. The van der Waals surface area contributed by atoms with Crippen molar-refractivity contribution in [2.24, 2.45) is 0 Å². The van der Waals surface area contributed by atoms with Crippen molar-refractivity contribution in [3.8, 4) is 28.8 Å². The highest BCUT2D eigenvalue weighted by molar-refractivity contribution is 5.68. The maximum Gasteiger partial charge on any atom is 0.240 e. The lowest BCUT2D eigenvalue weighted by Gasteiger charge is -2.25. The van der Waals surface area contributed by atoms with Crippen LogP contribution in [0.4, 0.5) is 11.9 Å². The van der Waals surface area contributed by atoms with Crippen LogP contribution >= 0.6 is 0 Å². The van der Waals surface area contributed by atoms with Crippen molar-refractivity contribution in [1.82, 2.24) is 19.6 Å². The lowest BCUT2D eigenvalue weighted by Crippen LogP contribution is -2.26. The van der Waals surface area contributed by atoms with Crippen molar-refractivity contribution in [3.05, 3.63) is 95.6 Å². The highest BCUT2D eigenvalue weighted by Crippen LogP contribution is 2.27. The van der Waals surface area contributed by atoms with Gasteiger partial charge in [-0.2, -0.15) is 14.8 Å². The van der Waals surface area contributed by atoms with E-state index in [1.165, 1.54) is 0 Å². The molecule has 0 aliphatic carbocycles. The summed E-state index contributed by atoms with van der Waals surface area (Å²) in [6.45, 7) is 1.08. The van der Waals surface area contributed by atoms with Crippen LogP contribution in [0.1, 0.15) is 16.7 Å². The molecule has 0 unspecified atom stereocenters. The van der Waals surface area contributed by atoms with Gasteiger partial charge in [0.2, 0.25) is 11.9 Å². The summed E-state index contributed by atoms with van der Waals surface area (Å²) in [5.41, 5.74) is 10.7. The van der Waals surface area contributed by atoms with Crippen LogP contribution in [-0.2, 0) is 13.1 Å². The minimum atomic E-state index is 0.153. The highest BCUT2D eigenvalue weighted by atomic mass is 16.5. The summed E-state index contributed by atoms with van der Waals surface area (Å²) in [5, 5.41) is 13.8. The van der Waals surface area contributed by atoms with Crippen LogP contribution in [0.5, 0.6) is 11.5 Å². The molecule has 3 aromatic carbocycles. The third-order valence-corrected chi connectivity index (χ3v) is 5.96. The lowest BCUT2D eigenvalue weighted by molar-refractivity contribution is 0.414. The predicted octanol–water partition coefficient (Wildman–Crippen LogP) is 4.47. The van der Waals surface area contributed by atoms with E-state index in [4.69, 9.17) is 20.2 Å². The molecule has 0 saturated carbocycles. The monoisotopic (exact) mass is 491 g/mol. The quantitative estimate of drug-likeness (QED) is 0.338. The second-order valence-corrected chi connectivity index (χ2v) is 8.43. The zero-order valence-corrected chi connectivity index (χ0v) is 20.5. The first-order valence-corrected chi connectivity index (χ1v) is 11.6. The molecule has 0 fully saturated rings. The molecule has 9 nitrogen and oxygen atoms in total. The van der Waals surface area contributed by atoms with E-state index in [0.29, 0.717) is 35.9 Å². The van der Waals surface area contributed by atoms with Crippen LogP contribution in [0.3, 0.4) is 0 Å². The molecule has 0 aliphatic heterocycles. The van der Waals surface area contributed by atoms with E-state index in [1.54, 1.807) is 30.9 Å². The molecule has 5 aromatic rings. The zero-order valence-electron chi connectivity index (χ0n) is 20.5. The molecule has 37 heavy (non-hydrogen) atoms. The van der Waals surface area contributed by atoms with Crippen molar-refractivity contribution in [1.29, 1.82) is 5.26 Å². The number of ether oxygens (including phenoxy) is 2.